The van der Waals surface area contributed by atoms with Gasteiger partial charge in [-0.25, -0.2) is 5.43 Å². The van der Waals surface area contributed by atoms with Crippen molar-refractivity contribution in [3.8, 4) is 11.5 Å². The number of hydrogen-bond donors (Lipinski definition) is 3. The van der Waals surface area contributed by atoms with Crippen LogP contribution in [0.15, 0.2) is 46.0 Å². The van der Waals surface area contributed by atoms with Crippen LogP contribution in [0.4, 0.5) is 5.69 Å². The first-order valence-electron chi connectivity index (χ1n) is 6.87. The van der Waals surface area contributed by atoms with Crippen LogP contribution >= 0.6 is 27.5 Å². The van der Waals surface area contributed by atoms with E-state index in [-0.39, 0.29) is 11.5 Å². The standard InChI is InChI=1S/C16H13BrClN3O4/c1-25-13-7-9(6-10(17)14(13)22)8-19-21-16(24)15(23)20-12-5-3-2-4-11(12)18/h2-8,22H,1H3,(H,20,23)(H,21,24)/b19-8-. The fourth-order valence-corrected chi connectivity index (χ4v) is 2.42. The van der Waals surface area contributed by atoms with Gasteiger partial charge in [0, 0.05) is 0 Å². The maximum atomic E-state index is 11.8. The van der Waals surface area contributed by atoms with Crippen molar-refractivity contribution in [2.75, 3.05) is 12.4 Å². The van der Waals surface area contributed by atoms with Gasteiger partial charge >= 0.3 is 11.8 Å². The molecule has 0 aromatic heterocycles. The van der Waals surface area contributed by atoms with E-state index in [0.717, 1.165) is 0 Å². The number of aromatic hydroxyl groups is 1. The Hall–Kier alpha value is -2.58. The van der Waals surface area contributed by atoms with E-state index in [2.05, 4.69) is 31.8 Å². The van der Waals surface area contributed by atoms with Crippen molar-refractivity contribution in [3.05, 3.63) is 51.5 Å². The number of methoxy groups -OCH3 is 1. The Labute approximate surface area is 156 Å². The van der Waals surface area contributed by atoms with Crippen LogP contribution < -0.4 is 15.5 Å². The van der Waals surface area contributed by atoms with Crippen LogP contribution in [0.25, 0.3) is 0 Å². The Balaban J connectivity index is 1.99. The Kier molecular flexibility index (Phi) is 6.37. The zero-order chi connectivity index (χ0) is 18.4. The Morgan fingerprint density at radius 1 is 1.28 bits per heavy atom. The second-order valence-corrected chi connectivity index (χ2v) is 5.95. The molecule has 3 N–H and O–H groups in total. The second-order valence-electron chi connectivity index (χ2n) is 4.69. The number of nitrogens with one attached hydrogen (secondary N) is 2. The van der Waals surface area contributed by atoms with Crippen molar-refractivity contribution < 1.29 is 19.4 Å². The summed E-state index contributed by atoms with van der Waals surface area (Å²) in [5, 5.41) is 16.1. The summed E-state index contributed by atoms with van der Waals surface area (Å²) in [6, 6.07) is 9.61. The molecule has 130 valence electrons. The highest BCUT2D eigenvalue weighted by atomic mass is 79.9. The van der Waals surface area contributed by atoms with Gasteiger partial charge in [-0.3, -0.25) is 9.59 Å². The lowest BCUT2D eigenvalue weighted by Gasteiger charge is -2.06. The number of phenolic OH excluding ortho intramolecular Hbond substituents is 1. The summed E-state index contributed by atoms with van der Waals surface area (Å²) in [7, 11) is 1.41. The number of hydrazone groups is 1. The molecule has 0 spiro atoms. The van der Waals surface area contributed by atoms with Crippen molar-refractivity contribution in [2.24, 2.45) is 5.10 Å². The van der Waals surface area contributed by atoms with Gasteiger partial charge in [-0.2, -0.15) is 5.10 Å². The van der Waals surface area contributed by atoms with E-state index >= 15 is 0 Å². The van der Waals surface area contributed by atoms with Gasteiger partial charge in [-0.15, -0.1) is 0 Å². The number of ether oxygens (including phenoxy) is 1. The molecule has 0 radical (unpaired) electrons. The van der Waals surface area contributed by atoms with E-state index in [9.17, 15) is 14.7 Å². The van der Waals surface area contributed by atoms with E-state index in [0.29, 0.717) is 20.7 Å². The SMILES string of the molecule is COc1cc(/C=N\NC(=O)C(=O)Nc2ccccc2Cl)cc(Br)c1O. The number of anilines is 1. The highest BCUT2D eigenvalue weighted by Crippen LogP contribution is 2.34. The Bertz CT molecular complexity index is 842. The van der Waals surface area contributed by atoms with Gasteiger partial charge in [0.15, 0.2) is 11.5 Å². The molecule has 2 amide bonds. The summed E-state index contributed by atoms with van der Waals surface area (Å²) in [5.74, 6) is -1.68. The number of phenols is 1. The molecule has 0 aliphatic rings. The lowest BCUT2D eigenvalue weighted by molar-refractivity contribution is -0.136. The summed E-state index contributed by atoms with van der Waals surface area (Å²) < 4.78 is 5.40. The largest absolute Gasteiger partial charge is 0.503 e. The molecular formula is C16H13BrClN3O4. The first-order valence-corrected chi connectivity index (χ1v) is 8.05. The van der Waals surface area contributed by atoms with E-state index in [1.165, 1.54) is 19.4 Å². The lowest BCUT2D eigenvalue weighted by atomic mass is 10.2. The highest BCUT2D eigenvalue weighted by molar-refractivity contribution is 9.10. The van der Waals surface area contributed by atoms with Crippen molar-refractivity contribution >= 4 is 51.2 Å². The fourth-order valence-electron chi connectivity index (χ4n) is 1.78. The van der Waals surface area contributed by atoms with Gasteiger partial charge in [0.2, 0.25) is 0 Å². The molecule has 2 rings (SSSR count). The van der Waals surface area contributed by atoms with Crippen molar-refractivity contribution in [1.29, 1.82) is 0 Å². The molecule has 25 heavy (non-hydrogen) atoms. The Morgan fingerprint density at radius 2 is 2.00 bits per heavy atom. The van der Waals surface area contributed by atoms with Crippen LogP contribution in [0.5, 0.6) is 11.5 Å². The van der Waals surface area contributed by atoms with E-state index in [1.807, 2.05) is 0 Å². The van der Waals surface area contributed by atoms with Crippen LogP contribution in [0.1, 0.15) is 5.56 Å². The smallest absolute Gasteiger partial charge is 0.329 e. The molecular weight excluding hydrogens is 414 g/mol. The third-order valence-corrected chi connectivity index (χ3v) is 3.91. The maximum Gasteiger partial charge on any atom is 0.329 e. The van der Waals surface area contributed by atoms with Gasteiger partial charge in [0.1, 0.15) is 0 Å². The molecule has 0 saturated carbocycles. The van der Waals surface area contributed by atoms with Crippen LogP contribution in [0, 0.1) is 0 Å². The second kappa shape index (κ2) is 8.50. The number of amides is 2. The van der Waals surface area contributed by atoms with Crippen molar-refractivity contribution in [2.45, 2.75) is 0 Å². The van der Waals surface area contributed by atoms with E-state index in [4.69, 9.17) is 16.3 Å². The average Bonchev–Trinajstić information content (AvgIpc) is 2.59. The molecule has 0 unspecified atom stereocenters. The predicted molar refractivity (Wildman–Crippen MR) is 98.2 cm³/mol. The molecule has 0 aliphatic carbocycles. The minimum absolute atomic E-state index is 0.0530. The van der Waals surface area contributed by atoms with Crippen molar-refractivity contribution in [1.82, 2.24) is 5.43 Å². The zero-order valence-corrected chi connectivity index (χ0v) is 15.3. The van der Waals surface area contributed by atoms with Gasteiger partial charge < -0.3 is 15.2 Å². The molecule has 2 aromatic rings. The maximum absolute atomic E-state index is 11.8. The minimum atomic E-state index is -0.957. The van der Waals surface area contributed by atoms with Crippen LogP contribution in [-0.2, 0) is 9.59 Å². The summed E-state index contributed by atoms with van der Waals surface area (Å²) in [5.41, 5.74) is 2.95. The molecule has 0 atom stereocenters. The van der Waals surface area contributed by atoms with Gasteiger partial charge in [-0.1, -0.05) is 23.7 Å². The number of carbonyl (C=O) groups is 2. The average molecular weight is 427 g/mol. The summed E-state index contributed by atoms with van der Waals surface area (Å²) in [6.45, 7) is 0. The number of hydrogen-bond acceptors (Lipinski definition) is 5. The lowest BCUT2D eigenvalue weighted by Crippen LogP contribution is -2.32. The van der Waals surface area contributed by atoms with Crippen LogP contribution in [-0.4, -0.2) is 30.2 Å². The predicted octanol–water partition coefficient (Wildman–Crippen LogP) is 2.91. The fraction of sp³-hybridized carbons (Fsp3) is 0.0625. The first kappa shape index (κ1) is 18.8. The Morgan fingerprint density at radius 3 is 2.68 bits per heavy atom. The minimum Gasteiger partial charge on any atom is -0.503 e. The van der Waals surface area contributed by atoms with Gasteiger partial charge in [0.25, 0.3) is 0 Å². The summed E-state index contributed by atoms with van der Waals surface area (Å²) in [6.07, 6.45) is 1.30. The number of halogens is 2. The number of benzene rings is 2. The van der Waals surface area contributed by atoms with Crippen LogP contribution in [0.2, 0.25) is 5.02 Å². The van der Waals surface area contributed by atoms with E-state index in [1.54, 1.807) is 30.3 Å². The molecule has 0 saturated heterocycles. The van der Waals surface area contributed by atoms with Crippen LogP contribution in [0.3, 0.4) is 0 Å². The topological polar surface area (TPSA) is 100 Å². The van der Waals surface area contributed by atoms with Gasteiger partial charge in [0.05, 0.1) is 28.5 Å². The molecule has 0 bridgehead atoms. The highest BCUT2D eigenvalue weighted by Gasteiger charge is 2.14. The molecule has 0 aliphatic heterocycles. The third-order valence-electron chi connectivity index (χ3n) is 2.98. The van der Waals surface area contributed by atoms with Crippen molar-refractivity contribution in [3.63, 3.8) is 0 Å². The quantitative estimate of drug-likeness (QED) is 0.397. The first-order chi connectivity index (χ1) is 11.9. The zero-order valence-electron chi connectivity index (χ0n) is 12.9. The molecule has 7 nitrogen and oxygen atoms in total. The van der Waals surface area contributed by atoms with E-state index < -0.39 is 11.8 Å². The number of rotatable bonds is 4. The molecule has 2 aromatic carbocycles. The summed E-state index contributed by atoms with van der Waals surface area (Å²) >= 11 is 9.07. The summed E-state index contributed by atoms with van der Waals surface area (Å²) in [4.78, 5) is 23.5. The monoisotopic (exact) mass is 425 g/mol. The third kappa shape index (κ3) is 4.94. The number of nitrogens with zero attached hydrogens (tertiary/aromatic N) is 1. The number of para-hydroxylation sites is 1. The number of carbonyl (C=O) groups excluding carboxylic acids is 2. The molecule has 0 fully saturated rings. The molecule has 0 heterocycles. The normalized spacial score (nSPS) is 10.5. The molecule has 9 heteroatoms. The van der Waals surface area contributed by atoms with Gasteiger partial charge in [-0.05, 0) is 45.8 Å².